The molecule has 0 unspecified atom stereocenters. The first-order valence-corrected chi connectivity index (χ1v) is 5.37. The van der Waals surface area contributed by atoms with Crippen molar-refractivity contribution in [2.75, 3.05) is 5.32 Å². The molecule has 0 bridgehead atoms. The Labute approximate surface area is 97.4 Å². The van der Waals surface area contributed by atoms with Gasteiger partial charge in [-0.25, -0.2) is 4.98 Å². The summed E-state index contributed by atoms with van der Waals surface area (Å²) in [6.07, 6.45) is 0.265. The van der Waals surface area contributed by atoms with Crippen molar-refractivity contribution in [1.82, 2.24) is 4.98 Å². The van der Waals surface area contributed by atoms with Gasteiger partial charge in [-0.05, 0) is 41.9 Å². The van der Waals surface area contributed by atoms with Crippen LogP contribution < -0.4 is 11.1 Å². The molecule has 15 heavy (non-hydrogen) atoms. The highest BCUT2D eigenvalue weighted by Crippen LogP contribution is 2.17. The summed E-state index contributed by atoms with van der Waals surface area (Å²) < 4.78 is 0.752. The highest BCUT2D eigenvalue weighted by atomic mass is 79.9. The molecule has 0 aliphatic heterocycles. The fourth-order valence-corrected chi connectivity index (χ4v) is 1.65. The van der Waals surface area contributed by atoms with Crippen molar-refractivity contribution < 1.29 is 4.79 Å². The van der Waals surface area contributed by atoms with E-state index in [1.807, 2.05) is 32.0 Å². The van der Waals surface area contributed by atoms with Gasteiger partial charge in [0.2, 0.25) is 5.91 Å². The van der Waals surface area contributed by atoms with Gasteiger partial charge >= 0.3 is 0 Å². The number of primary amides is 1. The molecular formula is C10H14BrN3O. The van der Waals surface area contributed by atoms with Crippen molar-refractivity contribution in [1.29, 1.82) is 0 Å². The van der Waals surface area contributed by atoms with Crippen molar-refractivity contribution in [3.05, 3.63) is 22.8 Å². The van der Waals surface area contributed by atoms with Crippen LogP contribution in [-0.2, 0) is 4.79 Å². The molecule has 1 amide bonds. The molecule has 0 spiro atoms. The molecular weight excluding hydrogens is 258 g/mol. The monoisotopic (exact) mass is 271 g/mol. The standard InChI is InChI=1S/C10H14BrN3O/c1-10(2,6-8(12)15)14-9-5-3-4-7(11)13-9/h3-5H,6H2,1-2H3,(H2,12,15)(H,13,14). The average molecular weight is 272 g/mol. The Hall–Kier alpha value is -1.10. The van der Waals surface area contributed by atoms with E-state index in [2.05, 4.69) is 26.2 Å². The van der Waals surface area contributed by atoms with Gasteiger partial charge in [0.25, 0.3) is 0 Å². The lowest BCUT2D eigenvalue weighted by Crippen LogP contribution is -2.36. The minimum Gasteiger partial charge on any atom is -0.370 e. The van der Waals surface area contributed by atoms with Crippen LogP contribution in [0.4, 0.5) is 5.82 Å². The highest BCUT2D eigenvalue weighted by molar-refractivity contribution is 9.10. The van der Waals surface area contributed by atoms with E-state index in [4.69, 9.17) is 5.73 Å². The van der Waals surface area contributed by atoms with Gasteiger partial charge in [0.1, 0.15) is 10.4 Å². The van der Waals surface area contributed by atoms with Crippen LogP contribution in [0.1, 0.15) is 20.3 Å². The van der Waals surface area contributed by atoms with Crippen LogP contribution in [0.5, 0.6) is 0 Å². The maximum atomic E-state index is 10.8. The zero-order valence-electron chi connectivity index (χ0n) is 8.75. The summed E-state index contributed by atoms with van der Waals surface area (Å²) in [6, 6.07) is 5.56. The zero-order valence-corrected chi connectivity index (χ0v) is 10.3. The van der Waals surface area contributed by atoms with E-state index in [0.717, 1.165) is 10.4 Å². The topological polar surface area (TPSA) is 68.0 Å². The van der Waals surface area contributed by atoms with Crippen LogP contribution in [0.3, 0.4) is 0 Å². The van der Waals surface area contributed by atoms with Gasteiger partial charge in [0.05, 0.1) is 0 Å². The summed E-state index contributed by atoms with van der Waals surface area (Å²) in [6.45, 7) is 3.81. The molecule has 0 aromatic carbocycles. The minimum atomic E-state index is -0.389. The summed E-state index contributed by atoms with van der Waals surface area (Å²) in [5.41, 5.74) is 4.76. The molecule has 4 nitrogen and oxygen atoms in total. The zero-order chi connectivity index (χ0) is 11.5. The molecule has 0 saturated carbocycles. The van der Waals surface area contributed by atoms with Gasteiger partial charge in [-0.3, -0.25) is 4.79 Å². The lowest BCUT2D eigenvalue weighted by molar-refractivity contribution is -0.118. The van der Waals surface area contributed by atoms with Gasteiger partial charge in [-0.2, -0.15) is 0 Å². The van der Waals surface area contributed by atoms with Crippen LogP contribution >= 0.6 is 15.9 Å². The lowest BCUT2D eigenvalue weighted by atomic mass is 10.0. The Morgan fingerprint density at radius 2 is 2.27 bits per heavy atom. The third kappa shape index (κ3) is 4.29. The summed E-state index contributed by atoms with van der Waals surface area (Å²) >= 11 is 3.28. The molecule has 1 heterocycles. The number of rotatable bonds is 4. The summed E-state index contributed by atoms with van der Waals surface area (Å²) in [5, 5.41) is 3.15. The second-order valence-corrected chi connectivity index (χ2v) is 4.81. The molecule has 0 atom stereocenters. The summed E-state index contributed by atoms with van der Waals surface area (Å²) in [4.78, 5) is 15.0. The molecule has 1 aromatic heterocycles. The number of aromatic nitrogens is 1. The molecule has 1 rings (SSSR count). The molecule has 0 saturated heterocycles. The number of anilines is 1. The number of hydrogen-bond acceptors (Lipinski definition) is 3. The molecule has 5 heteroatoms. The third-order valence-corrected chi connectivity index (χ3v) is 2.24. The smallest absolute Gasteiger partial charge is 0.219 e. The van der Waals surface area contributed by atoms with E-state index in [1.165, 1.54) is 0 Å². The van der Waals surface area contributed by atoms with Crippen molar-refractivity contribution in [2.24, 2.45) is 5.73 Å². The van der Waals surface area contributed by atoms with Crippen molar-refractivity contribution in [2.45, 2.75) is 25.8 Å². The van der Waals surface area contributed by atoms with Crippen LogP contribution in [0, 0.1) is 0 Å². The molecule has 0 aliphatic rings. The number of pyridine rings is 1. The van der Waals surface area contributed by atoms with Crippen LogP contribution in [0.25, 0.3) is 0 Å². The van der Waals surface area contributed by atoms with Crippen LogP contribution in [0.2, 0.25) is 0 Å². The van der Waals surface area contributed by atoms with Gasteiger partial charge in [-0.1, -0.05) is 6.07 Å². The number of carbonyl (C=O) groups excluding carboxylic acids is 1. The summed E-state index contributed by atoms with van der Waals surface area (Å²) in [5.74, 6) is 0.387. The first-order chi connectivity index (χ1) is 6.89. The predicted octanol–water partition coefficient (Wildman–Crippen LogP) is 1.91. The Balaban J connectivity index is 2.72. The number of nitrogens with two attached hydrogens (primary N) is 1. The molecule has 3 N–H and O–H groups in total. The molecule has 0 radical (unpaired) electrons. The fraction of sp³-hybridized carbons (Fsp3) is 0.400. The maximum Gasteiger partial charge on any atom is 0.219 e. The average Bonchev–Trinajstić information content (AvgIpc) is 1.99. The second kappa shape index (κ2) is 4.61. The Morgan fingerprint density at radius 3 is 2.80 bits per heavy atom. The summed E-state index contributed by atoms with van der Waals surface area (Å²) in [7, 11) is 0. The van der Waals surface area contributed by atoms with Crippen LogP contribution in [0.15, 0.2) is 22.8 Å². The molecule has 1 aromatic rings. The first kappa shape index (κ1) is 12.0. The number of hydrogen-bond donors (Lipinski definition) is 2. The third-order valence-electron chi connectivity index (χ3n) is 1.80. The number of nitrogens with one attached hydrogen (secondary N) is 1. The molecule has 0 aliphatic carbocycles. The Morgan fingerprint density at radius 1 is 1.60 bits per heavy atom. The van der Waals surface area contributed by atoms with Crippen molar-refractivity contribution in [3.8, 4) is 0 Å². The van der Waals surface area contributed by atoms with E-state index in [9.17, 15) is 4.79 Å². The Bertz CT molecular complexity index is 365. The number of halogens is 1. The Kier molecular flexibility index (Phi) is 3.68. The molecule has 0 fully saturated rings. The maximum absolute atomic E-state index is 10.8. The molecule has 82 valence electrons. The lowest BCUT2D eigenvalue weighted by Gasteiger charge is -2.25. The van der Waals surface area contributed by atoms with E-state index in [-0.39, 0.29) is 17.9 Å². The van der Waals surface area contributed by atoms with Gasteiger partial charge in [0.15, 0.2) is 0 Å². The first-order valence-electron chi connectivity index (χ1n) is 4.58. The van der Waals surface area contributed by atoms with Gasteiger partial charge in [0, 0.05) is 12.0 Å². The SMILES string of the molecule is CC(C)(CC(N)=O)Nc1cccc(Br)n1. The number of carbonyl (C=O) groups is 1. The number of nitrogens with zero attached hydrogens (tertiary/aromatic N) is 1. The predicted molar refractivity (Wildman–Crippen MR) is 63.5 cm³/mol. The minimum absolute atomic E-state index is 0.265. The normalized spacial score (nSPS) is 11.1. The van der Waals surface area contributed by atoms with Gasteiger partial charge in [-0.15, -0.1) is 0 Å². The van der Waals surface area contributed by atoms with E-state index >= 15 is 0 Å². The van der Waals surface area contributed by atoms with E-state index < -0.39 is 0 Å². The quantitative estimate of drug-likeness (QED) is 0.823. The fourth-order valence-electron chi connectivity index (χ4n) is 1.30. The van der Waals surface area contributed by atoms with Crippen LogP contribution in [-0.4, -0.2) is 16.4 Å². The van der Waals surface area contributed by atoms with Crippen molar-refractivity contribution in [3.63, 3.8) is 0 Å². The highest BCUT2D eigenvalue weighted by Gasteiger charge is 2.20. The van der Waals surface area contributed by atoms with E-state index in [0.29, 0.717) is 0 Å². The van der Waals surface area contributed by atoms with E-state index in [1.54, 1.807) is 0 Å². The second-order valence-electron chi connectivity index (χ2n) is 4.00. The van der Waals surface area contributed by atoms with Gasteiger partial charge < -0.3 is 11.1 Å². The number of amides is 1. The largest absolute Gasteiger partial charge is 0.370 e. The van der Waals surface area contributed by atoms with Crippen molar-refractivity contribution >= 4 is 27.7 Å².